The molecule has 0 bridgehead atoms. The standard InChI is InChI=1S/C29H29N3O2/c1-29(2)32(27(21-34-29)17-22-9-5-3-6-10-22)28(33)20-31-19-26(18-30-31)25-15-13-24(14-16-25)23-11-7-4-8-12-23/h3-16,18-19,27H,17,20-21H2,1-2H3/t27-/m0/s1. The number of benzene rings is 3. The zero-order valence-corrected chi connectivity index (χ0v) is 19.6. The van der Waals surface area contributed by atoms with Crippen LogP contribution in [0.4, 0.5) is 0 Å². The van der Waals surface area contributed by atoms with E-state index in [1.54, 1.807) is 4.68 Å². The molecule has 1 saturated heterocycles. The first kappa shape index (κ1) is 22.1. The molecule has 2 heterocycles. The maximum atomic E-state index is 13.4. The molecule has 0 aliphatic carbocycles. The summed E-state index contributed by atoms with van der Waals surface area (Å²) in [7, 11) is 0. The van der Waals surface area contributed by atoms with Crippen molar-refractivity contribution in [1.29, 1.82) is 0 Å². The number of nitrogens with zero attached hydrogens (tertiary/aromatic N) is 3. The van der Waals surface area contributed by atoms with Crippen LogP contribution in [0.5, 0.6) is 0 Å². The van der Waals surface area contributed by atoms with Gasteiger partial charge < -0.3 is 9.64 Å². The maximum Gasteiger partial charge on any atom is 0.246 e. The van der Waals surface area contributed by atoms with E-state index in [1.165, 1.54) is 16.7 Å². The second-order valence-corrected chi connectivity index (χ2v) is 9.24. The first-order valence-corrected chi connectivity index (χ1v) is 11.7. The molecule has 0 saturated carbocycles. The molecule has 4 aromatic rings. The molecule has 5 nitrogen and oxygen atoms in total. The van der Waals surface area contributed by atoms with Crippen molar-refractivity contribution >= 4 is 5.91 Å². The minimum Gasteiger partial charge on any atom is -0.354 e. The Labute approximate surface area is 200 Å². The fourth-order valence-corrected chi connectivity index (χ4v) is 4.72. The van der Waals surface area contributed by atoms with Crippen LogP contribution in [-0.4, -0.2) is 39.0 Å². The number of carbonyl (C=O) groups excluding carboxylic acids is 1. The minimum atomic E-state index is -0.639. The zero-order chi connectivity index (χ0) is 23.5. The smallest absolute Gasteiger partial charge is 0.246 e. The van der Waals surface area contributed by atoms with Gasteiger partial charge in [-0.25, -0.2) is 0 Å². The number of ether oxygens (including phenoxy) is 1. The van der Waals surface area contributed by atoms with Gasteiger partial charge in [0.25, 0.3) is 0 Å². The third-order valence-corrected chi connectivity index (χ3v) is 6.41. The molecule has 0 spiro atoms. The molecule has 0 unspecified atom stereocenters. The Balaban J connectivity index is 1.29. The highest BCUT2D eigenvalue weighted by atomic mass is 16.5. The van der Waals surface area contributed by atoms with Crippen molar-refractivity contribution in [2.45, 2.75) is 38.6 Å². The molecule has 1 fully saturated rings. The number of aromatic nitrogens is 2. The summed E-state index contributed by atoms with van der Waals surface area (Å²) in [5.41, 5.74) is 4.99. The maximum absolute atomic E-state index is 13.4. The van der Waals surface area contributed by atoms with Crippen LogP contribution >= 0.6 is 0 Å². The van der Waals surface area contributed by atoms with Gasteiger partial charge in [-0.3, -0.25) is 9.48 Å². The van der Waals surface area contributed by atoms with Crippen molar-refractivity contribution in [3.63, 3.8) is 0 Å². The second kappa shape index (κ2) is 9.27. The Morgan fingerprint density at radius 2 is 1.47 bits per heavy atom. The van der Waals surface area contributed by atoms with Crippen molar-refractivity contribution in [3.05, 3.63) is 103 Å². The van der Waals surface area contributed by atoms with Gasteiger partial charge in [0.15, 0.2) is 0 Å². The fourth-order valence-electron chi connectivity index (χ4n) is 4.72. The van der Waals surface area contributed by atoms with Gasteiger partial charge in [0, 0.05) is 11.8 Å². The van der Waals surface area contributed by atoms with Crippen LogP contribution in [0.3, 0.4) is 0 Å². The highest BCUT2D eigenvalue weighted by Gasteiger charge is 2.43. The van der Waals surface area contributed by atoms with Gasteiger partial charge in [0.1, 0.15) is 12.3 Å². The van der Waals surface area contributed by atoms with Crippen LogP contribution in [0, 0.1) is 0 Å². The summed E-state index contributed by atoms with van der Waals surface area (Å²) in [6.45, 7) is 4.63. The predicted molar refractivity (Wildman–Crippen MR) is 134 cm³/mol. The van der Waals surface area contributed by atoms with E-state index < -0.39 is 5.72 Å². The van der Waals surface area contributed by atoms with Gasteiger partial charge in [-0.15, -0.1) is 0 Å². The molecule has 172 valence electrons. The average molecular weight is 452 g/mol. The Hall–Kier alpha value is -3.70. The Morgan fingerprint density at radius 1 is 0.882 bits per heavy atom. The Morgan fingerprint density at radius 3 is 2.15 bits per heavy atom. The lowest BCUT2D eigenvalue weighted by Gasteiger charge is -2.33. The van der Waals surface area contributed by atoms with Crippen molar-refractivity contribution in [3.8, 4) is 22.3 Å². The molecular formula is C29H29N3O2. The molecule has 0 radical (unpaired) electrons. The van der Waals surface area contributed by atoms with Gasteiger partial charge in [-0.1, -0.05) is 84.9 Å². The van der Waals surface area contributed by atoms with Crippen LogP contribution in [0.1, 0.15) is 19.4 Å². The minimum absolute atomic E-state index is 0.00506. The molecule has 1 aliphatic heterocycles. The van der Waals surface area contributed by atoms with E-state index in [-0.39, 0.29) is 18.5 Å². The third-order valence-electron chi connectivity index (χ3n) is 6.41. The summed E-state index contributed by atoms with van der Waals surface area (Å²) in [5.74, 6) is 0.0116. The normalized spacial score (nSPS) is 17.1. The molecule has 34 heavy (non-hydrogen) atoms. The fraction of sp³-hybridized carbons (Fsp3) is 0.241. The van der Waals surface area contributed by atoms with Crippen molar-refractivity contribution in [1.82, 2.24) is 14.7 Å². The highest BCUT2D eigenvalue weighted by molar-refractivity contribution is 5.77. The third kappa shape index (κ3) is 4.66. The van der Waals surface area contributed by atoms with E-state index in [4.69, 9.17) is 4.74 Å². The highest BCUT2D eigenvalue weighted by Crippen LogP contribution is 2.30. The van der Waals surface area contributed by atoms with Gasteiger partial charge in [0.2, 0.25) is 5.91 Å². The number of amides is 1. The second-order valence-electron chi connectivity index (χ2n) is 9.24. The summed E-state index contributed by atoms with van der Waals surface area (Å²) in [6.07, 6.45) is 4.53. The van der Waals surface area contributed by atoms with Gasteiger partial charge in [-0.05, 0) is 42.5 Å². The van der Waals surface area contributed by atoms with E-state index in [0.29, 0.717) is 6.61 Å². The van der Waals surface area contributed by atoms with Gasteiger partial charge in [0.05, 0.1) is 18.8 Å². The number of rotatable bonds is 6. The molecule has 5 rings (SSSR count). The van der Waals surface area contributed by atoms with Crippen molar-refractivity contribution in [2.24, 2.45) is 0 Å². The van der Waals surface area contributed by atoms with E-state index in [1.807, 2.05) is 67.5 Å². The lowest BCUT2D eigenvalue weighted by atomic mass is 10.0. The molecule has 5 heteroatoms. The summed E-state index contributed by atoms with van der Waals surface area (Å²) >= 11 is 0. The topological polar surface area (TPSA) is 47.4 Å². The first-order chi connectivity index (χ1) is 16.5. The monoisotopic (exact) mass is 451 g/mol. The summed E-state index contributed by atoms with van der Waals surface area (Å²) < 4.78 is 7.71. The van der Waals surface area contributed by atoms with E-state index in [9.17, 15) is 4.79 Å². The first-order valence-electron chi connectivity index (χ1n) is 11.7. The number of carbonyl (C=O) groups is 1. The van der Waals surface area contributed by atoms with Crippen LogP contribution in [0.2, 0.25) is 0 Å². The Kier molecular flexibility index (Phi) is 6.03. The SMILES string of the molecule is CC1(C)OC[C@H](Cc2ccccc2)N1C(=O)Cn1cc(-c2ccc(-c3ccccc3)cc2)cn1. The summed E-state index contributed by atoms with van der Waals surface area (Å²) in [5, 5.41) is 4.47. The van der Waals surface area contributed by atoms with E-state index >= 15 is 0 Å². The quantitative estimate of drug-likeness (QED) is 0.393. The van der Waals surface area contributed by atoms with Crippen LogP contribution < -0.4 is 0 Å². The summed E-state index contributed by atoms with van der Waals surface area (Å²) in [6, 6.07) is 29.0. The molecule has 1 amide bonds. The molecule has 1 atom stereocenters. The average Bonchev–Trinajstić information content (AvgIpc) is 3.44. The van der Waals surface area contributed by atoms with Gasteiger partial charge >= 0.3 is 0 Å². The van der Waals surface area contributed by atoms with Crippen LogP contribution in [0.25, 0.3) is 22.3 Å². The number of hydrogen-bond donors (Lipinski definition) is 0. The Bertz CT molecular complexity index is 1250. The lowest BCUT2D eigenvalue weighted by Crippen LogP contribution is -2.49. The molecule has 1 aromatic heterocycles. The molecular weight excluding hydrogens is 422 g/mol. The van der Waals surface area contributed by atoms with E-state index in [2.05, 4.69) is 53.6 Å². The molecule has 0 N–H and O–H groups in total. The van der Waals surface area contributed by atoms with Crippen LogP contribution in [0.15, 0.2) is 97.3 Å². The summed E-state index contributed by atoms with van der Waals surface area (Å²) in [4.78, 5) is 15.2. The van der Waals surface area contributed by atoms with Crippen molar-refractivity contribution < 1.29 is 9.53 Å². The van der Waals surface area contributed by atoms with E-state index in [0.717, 1.165) is 17.5 Å². The largest absolute Gasteiger partial charge is 0.354 e. The predicted octanol–water partition coefficient (Wildman–Crippen LogP) is 5.42. The molecule has 3 aromatic carbocycles. The van der Waals surface area contributed by atoms with Crippen LogP contribution in [-0.2, 0) is 22.5 Å². The number of hydrogen-bond acceptors (Lipinski definition) is 3. The molecule has 1 aliphatic rings. The zero-order valence-electron chi connectivity index (χ0n) is 19.6. The van der Waals surface area contributed by atoms with Gasteiger partial charge in [-0.2, -0.15) is 5.10 Å². The lowest BCUT2D eigenvalue weighted by molar-refractivity contribution is -0.146. The van der Waals surface area contributed by atoms with Crippen molar-refractivity contribution in [2.75, 3.05) is 6.61 Å².